The van der Waals surface area contributed by atoms with E-state index in [0.717, 1.165) is 12.4 Å². The SMILES string of the molecule is NC(=O)C1(N)CCC(n2cc(C(F)(F)F)cn2)C1. The van der Waals surface area contributed by atoms with Crippen LogP contribution in [0.4, 0.5) is 13.2 Å². The van der Waals surface area contributed by atoms with E-state index in [4.69, 9.17) is 11.5 Å². The molecule has 0 saturated heterocycles. The van der Waals surface area contributed by atoms with Gasteiger partial charge in [-0.05, 0) is 19.3 Å². The minimum Gasteiger partial charge on any atom is -0.368 e. The fourth-order valence-electron chi connectivity index (χ4n) is 2.18. The molecule has 2 atom stereocenters. The number of carbonyl (C=O) groups excluding carboxylic acids is 1. The Labute approximate surface area is 101 Å². The van der Waals surface area contributed by atoms with E-state index in [1.807, 2.05) is 0 Å². The summed E-state index contributed by atoms with van der Waals surface area (Å²) in [6.07, 6.45) is -1.67. The first kappa shape index (κ1) is 12.9. The van der Waals surface area contributed by atoms with Crippen molar-refractivity contribution in [1.82, 2.24) is 9.78 Å². The van der Waals surface area contributed by atoms with E-state index in [1.54, 1.807) is 0 Å². The molecule has 8 heteroatoms. The average molecular weight is 262 g/mol. The first-order chi connectivity index (χ1) is 8.22. The summed E-state index contributed by atoms with van der Waals surface area (Å²) in [4.78, 5) is 11.2. The third-order valence-electron chi connectivity index (χ3n) is 3.32. The number of amides is 1. The first-order valence-corrected chi connectivity index (χ1v) is 5.42. The lowest BCUT2D eigenvalue weighted by atomic mass is 9.98. The van der Waals surface area contributed by atoms with E-state index in [1.165, 1.54) is 4.68 Å². The lowest BCUT2D eigenvalue weighted by Crippen LogP contribution is -2.49. The molecule has 1 aromatic rings. The number of aromatic nitrogens is 2. The number of carbonyl (C=O) groups is 1. The average Bonchev–Trinajstić information content (AvgIpc) is 2.82. The van der Waals surface area contributed by atoms with Crippen molar-refractivity contribution in [3.05, 3.63) is 18.0 Å². The molecule has 5 nitrogen and oxygen atoms in total. The molecular weight excluding hydrogens is 249 g/mol. The summed E-state index contributed by atoms with van der Waals surface area (Å²) in [5.74, 6) is -0.631. The summed E-state index contributed by atoms with van der Waals surface area (Å²) >= 11 is 0. The van der Waals surface area contributed by atoms with Gasteiger partial charge in [0.25, 0.3) is 0 Å². The van der Waals surface area contributed by atoms with Crippen molar-refractivity contribution in [3.8, 4) is 0 Å². The highest BCUT2D eigenvalue weighted by Crippen LogP contribution is 2.37. The maximum Gasteiger partial charge on any atom is 0.419 e. The highest BCUT2D eigenvalue weighted by atomic mass is 19.4. The normalized spacial score (nSPS) is 28.6. The highest BCUT2D eigenvalue weighted by Gasteiger charge is 2.42. The zero-order valence-corrected chi connectivity index (χ0v) is 9.44. The molecule has 4 N–H and O–H groups in total. The van der Waals surface area contributed by atoms with Gasteiger partial charge in [0, 0.05) is 6.20 Å². The minimum atomic E-state index is -4.42. The molecule has 100 valence electrons. The minimum absolute atomic E-state index is 0.210. The van der Waals surface area contributed by atoms with Crippen LogP contribution in [0.15, 0.2) is 12.4 Å². The number of hydrogen-bond donors (Lipinski definition) is 2. The van der Waals surface area contributed by atoms with Gasteiger partial charge in [0.05, 0.1) is 23.3 Å². The van der Waals surface area contributed by atoms with E-state index in [-0.39, 0.29) is 12.5 Å². The Bertz CT molecular complexity index is 470. The maximum atomic E-state index is 12.4. The molecule has 1 fully saturated rings. The van der Waals surface area contributed by atoms with Crippen LogP contribution < -0.4 is 11.5 Å². The lowest BCUT2D eigenvalue weighted by Gasteiger charge is -2.19. The number of hydrogen-bond acceptors (Lipinski definition) is 3. The van der Waals surface area contributed by atoms with Crippen molar-refractivity contribution in [2.45, 2.75) is 37.0 Å². The van der Waals surface area contributed by atoms with E-state index in [0.29, 0.717) is 12.8 Å². The molecule has 1 aliphatic carbocycles. The molecule has 0 bridgehead atoms. The second-order valence-corrected chi connectivity index (χ2v) is 4.62. The molecule has 18 heavy (non-hydrogen) atoms. The van der Waals surface area contributed by atoms with Gasteiger partial charge in [-0.2, -0.15) is 18.3 Å². The summed E-state index contributed by atoms with van der Waals surface area (Å²) in [7, 11) is 0. The molecule has 0 radical (unpaired) electrons. The van der Waals surface area contributed by atoms with Crippen molar-refractivity contribution in [1.29, 1.82) is 0 Å². The molecule has 0 aliphatic heterocycles. The smallest absolute Gasteiger partial charge is 0.368 e. The molecular formula is C10H13F3N4O. The van der Waals surface area contributed by atoms with Crippen molar-refractivity contribution < 1.29 is 18.0 Å². The molecule has 1 amide bonds. The molecule has 2 unspecified atom stereocenters. The maximum absolute atomic E-state index is 12.4. The van der Waals surface area contributed by atoms with Crippen LogP contribution in [-0.4, -0.2) is 21.2 Å². The topological polar surface area (TPSA) is 86.9 Å². The number of nitrogens with two attached hydrogens (primary N) is 2. The second-order valence-electron chi connectivity index (χ2n) is 4.62. The van der Waals surface area contributed by atoms with E-state index < -0.39 is 23.2 Å². The van der Waals surface area contributed by atoms with Gasteiger partial charge in [-0.3, -0.25) is 9.48 Å². The molecule has 1 saturated carbocycles. The van der Waals surface area contributed by atoms with Gasteiger partial charge in [0.1, 0.15) is 0 Å². The third-order valence-corrected chi connectivity index (χ3v) is 3.32. The molecule has 0 aromatic carbocycles. The summed E-state index contributed by atoms with van der Waals surface area (Å²) < 4.78 is 38.5. The van der Waals surface area contributed by atoms with E-state index in [2.05, 4.69) is 5.10 Å². The van der Waals surface area contributed by atoms with Crippen molar-refractivity contribution in [2.24, 2.45) is 11.5 Å². The van der Waals surface area contributed by atoms with Crippen LogP contribution in [0.1, 0.15) is 30.9 Å². The van der Waals surface area contributed by atoms with E-state index in [9.17, 15) is 18.0 Å². The van der Waals surface area contributed by atoms with Gasteiger partial charge in [-0.25, -0.2) is 0 Å². The first-order valence-electron chi connectivity index (χ1n) is 5.42. The Morgan fingerprint density at radius 1 is 1.56 bits per heavy atom. The van der Waals surface area contributed by atoms with Crippen LogP contribution in [0.2, 0.25) is 0 Å². The Morgan fingerprint density at radius 2 is 2.22 bits per heavy atom. The van der Waals surface area contributed by atoms with Crippen molar-refractivity contribution in [3.63, 3.8) is 0 Å². The Kier molecular flexibility index (Phi) is 2.84. The lowest BCUT2D eigenvalue weighted by molar-refractivity contribution is -0.137. The Balaban J connectivity index is 2.15. The van der Waals surface area contributed by atoms with Crippen LogP contribution in [0.3, 0.4) is 0 Å². The fourth-order valence-corrected chi connectivity index (χ4v) is 2.18. The van der Waals surface area contributed by atoms with E-state index >= 15 is 0 Å². The van der Waals surface area contributed by atoms with Crippen LogP contribution in [0.25, 0.3) is 0 Å². The number of nitrogens with zero attached hydrogens (tertiary/aromatic N) is 2. The van der Waals surface area contributed by atoms with Gasteiger partial charge < -0.3 is 11.5 Å². The number of rotatable bonds is 2. The molecule has 1 heterocycles. The van der Waals surface area contributed by atoms with Gasteiger partial charge >= 0.3 is 6.18 Å². The van der Waals surface area contributed by atoms with Crippen LogP contribution in [0.5, 0.6) is 0 Å². The number of alkyl halides is 3. The quantitative estimate of drug-likeness (QED) is 0.826. The van der Waals surface area contributed by atoms with Gasteiger partial charge in [0.2, 0.25) is 5.91 Å². The Morgan fingerprint density at radius 3 is 2.67 bits per heavy atom. The van der Waals surface area contributed by atoms with Gasteiger partial charge in [-0.1, -0.05) is 0 Å². The zero-order valence-electron chi connectivity index (χ0n) is 9.44. The monoisotopic (exact) mass is 262 g/mol. The van der Waals surface area contributed by atoms with Gasteiger partial charge in [-0.15, -0.1) is 0 Å². The van der Waals surface area contributed by atoms with Crippen LogP contribution >= 0.6 is 0 Å². The second kappa shape index (κ2) is 3.98. The van der Waals surface area contributed by atoms with Crippen molar-refractivity contribution >= 4 is 5.91 Å². The Hall–Kier alpha value is -1.57. The summed E-state index contributed by atoms with van der Waals surface area (Å²) in [6.45, 7) is 0. The molecule has 1 aliphatic rings. The summed E-state index contributed by atoms with van der Waals surface area (Å²) in [6, 6.07) is -0.321. The van der Waals surface area contributed by atoms with Gasteiger partial charge in [0.15, 0.2) is 0 Å². The van der Waals surface area contributed by atoms with Crippen LogP contribution in [0, 0.1) is 0 Å². The highest BCUT2D eigenvalue weighted by molar-refractivity contribution is 5.84. The standard InChI is InChI=1S/C10H13F3N4O/c11-10(12,13)6-4-16-17(5-6)7-1-2-9(15,3-7)8(14)18/h4-5,7H,1-3,15H2,(H2,14,18). The number of halogens is 3. The number of primary amides is 1. The predicted molar refractivity (Wildman–Crippen MR) is 56.2 cm³/mol. The summed E-state index contributed by atoms with van der Waals surface area (Å²) in [5.41, 5.74) is 9.00. The van der Waals surface area contributed by atoms with Crippen LogP contribution in [-0.2, 0) is 11.0 Å². The molecule has 0 spiro atoms. The third kappa shape index (κ3) is 2.20. The predicted octanol–water partition coefficient (Wildman–Crippen LogP) is 0.810. The molecule has 1 aromatic heterocycles. The fraction of sp³-hybridized carbons (Fsp3) is 0.600. The zero-order chi connectivity index (χ0) is 13.6. The van der Waals surface area contributed by atoms with Crippen molar-refractivity contribution in [2.75, 3.05) is 0 Å². The molecule has 2 rings (SSSR count). The largest absolute Gasteiger partial charge is 0.419 e. The summed E-state index contributed by atoms with van der Waals surface area (Å²) in [5, 5.41) is 3.68.